The third-order valence-corrected chi connectivity index (χ3v) is 3.75. The number of nitrogens with two attached hydrogens (primary N) is 1. The largest absolute Gasteiger partial charge is 0.395 e. The van der Waals surface area contributed by atoms with Gasteiger partial charge in [0.15, 0.2) is 5.69 Å². The second-order valence-electron chi connectivity index (χ2n) is 5.02. The number of carbonyl (C=O) groups excluding carboxylic acids is 1. The maximum absolute atomic E-state index is 12.4. The molecule has 1 atom stereocenters. The van der Waals surface area contributed by atoms with Crippen LogP contribution in [-0.2, 0) is 0 Å². The number of carbonyl (C=O) groups is 1. The number of aromatic amines is 1. The van der Waals surface area contributed by atoms with E-state index in [2.05, 4.69) is 17.1 Å². The summed E-state index contributed by atoms with van der Waals surface area (Å²) in [5.74, 6) is 0.422. The predicted octanol–water partition coefficient (Wildman–Crippen LogP) is 2.13. The number of amides is 1. The van der Waals surface area contributed by atoms with Crippen LogP contribution >= 0.6 is 0 Å². The second-order valence-corrected chi connectivity index (χ2v) is 5.02. The lowest BCUT2D eigenvalue weighted by Gasteiger charge is -2.26. The molecule has 0 aromatic carbocycles. The van der Waals surface area contributed by atoms with Crippen LogP contribution in [0.3, 0.4) is 0 Å². The summed E-state index contributed by atoms with van der Waals surface area (Å²) in [6, 6.07) is 0.211. The lowest BCUT2D eigenvalue weighted by atomic mass is 10.1. The Morgan fingerprint density at radius 3 is 2.72 bits per heavy atom. The molecule has 1 amide bonds. The Morgan fingerprint density at radius 1 is 1.56 bits per heavy atom. The molecule has 1 unspecified atom stereocenters. The summed E-state index contributed by atoms with van der Waals surface area (Å²) in [4.78, 5) is 14.2. The van der Waals surface area contributed by atoms with Crippen molar-refractivity contribution in [2.45, 2.75) is 52.0 Å². The first kappa shape index (κ1) is 12.9. The van der Waals surface area contributed by atoms with Crippen LogP contribution in [-0.4, -0.2) is 33.6 Å². The van der Waals surface area contributed by atoms with E-state index in [4.69, 9.17) is 5.73 Å². The van der Waals surface area contributed by atoms with Gasteiger partial charge in [0.2, 0.25) is 0 Å². The van der Waals surface area contributed by atoms with Gasteiger partial charge in [-0.05, 0) is 33.1 Å². The highest BCUT2D eigenvalue weighted by molar-refractivity contribution is 5.98. The van der Waals surface area contributed by atoms with Crippen molar-refractivity contribution in [2.24, 2.45) is 0 Å². The SMILES string of the molecule is CCC(C)N(CC)C(=O)c1n[nH]c(C2CC2)c1N. The van der Waals surface area contributed by atoms with Crippen LogP contribution < -0.4 is 5.73 Å². The third-order valence-electron chi connectivity index (χ3n) is 3.75. The van der Waals surface area contributed by atoms with Gasteiger partial charge in [-0.1, -0.05) is 6.92 Å². The molecule has 5 heteroatoms. The lowest BCUT2D eigenvalue weighted by molar-refractivity contribution is 0.0695. The fraction of sp³-hybridized carbons (Fsp3) is 0.692. The minimum absolute atomic E-state index is 0.0625. The highest BCUT2D eigenvalue weighted by Crippen LogP contribution is 2.42. The average Bonchev–Trinajstić information content (AvgIpc) is 3.13. The molecule has 1 saturated carbocycles. The van der Waals surface area contributed by atoms with Crippen LogP contribution in [0, 0.1) is 0 Å². The zero-order chi connectivity index (χ0) is 13.3. The molecule has 18 heavy (non-hydrogen) atoms. The molecule has 1 aromatic heterocycles. The van der Waals surface area contributed by atoms with Crippen LogP contribution in [0.1, 0.15) is 62.1 Å². The number of rotatable bonds is 5. The van der Waals surface area contributed by atoms with Crippen molar-refractivity contribution in [1.29, 1.82) is 0 Å². The maximum Gasteiger partial charge on any atom is 0.276 e. The Labute approximate surface area is 108 Å². The van der Waals surface area contributed by atoms with E-state index in [0.717, 1.165) is 25.0 Å². The number of nitrogens with one attached hydrogen (secondary N) is 1. The van der Waals surface area contributed by atoms with Gasteiger partial charge < -0.3 is 10.6 Å². The molecule has 0 bridgehead atoms. The number of aromatic nitrogens is 2. The number of H-pyrrole nitrogens is 1. The van der Waals surface area contributed by atoms with Crippen molar-refractivity contribution in [2.75, 3.05) is 12.3 Å². The number of hydrogen-bond donors (Lipinski definition) is 2. The van der Waals surface area contributed by atoms with Gasteiger partial charge in [-0.2, -0.15) is 5.10 Å². The van der Waals surface area contributed by atoms with E-state index in [1.807, 2.05) is 18.7 Å². The first-order valence-corrected chi connectivity index (χ1v) is 6.74. The van der Waals surface area contributed by atoms with Crippen molar-refractivity contribution < 1.29 is 4.79 Å². The summed E-state index contributed by atoms with van der Waals surface area (Å²) in [5.41, 5.74) is 7.91. The summed E-state index contributed by atoms with van der Waals surface area (Å²) >= 11 is 0. The number of nitrogen functional groups attached to an aromatic ring is 1. The normalized spacial score (nSPS) is 16.6. The Bertz CT molecular complexity index is 436. The zero-order valence-corrected chi connectivity index (χ0v) is 11.4. The fourth-order valence-electron chi connectivity index (χ4n) is 2.22. The zero-order valence-electron chi connectivity index (χ0n) is 11.4. The van der Waals surface area contributed by atoms with Gasteiger partial charge in [0.1, 0.15) is 0 Å². The molecular formula is C13H22N4O. The number of anilines is 1. The Hall–Kier alpha value is -1.52. The first-order valence-electron chi connectivity index (χ1n) is 6.74. The molecule has 5 nitrogen and oxygen atoms in total. The van der Waals surface area contributed by atoms with Gasteiger partial charge in [0, 0.05) is 18.5 Å². The second kappa shape index (κ2) is 5.00. The molecule has 1 aliphatic carbocycles. The molecule has 1 fully saturated rings. The van der Waals surface area contributed by atoms with Crippen LogP contribution in [0.2, 0.25) is 0 Å². The summed E-state index contributed by atoms with van der Waals surface area (Å²) < 4.78 is 0. The van der Waals surface area contributed by atoms with Crippen molar-refractivity contribution in [1.82, 2.24) is 15.1 Å². The molecule has 1 heterocycles. The topological polar surface area (TPSA) is 75.0 Å². The molecule has 0 aliphatic heterocycles. The van der Waals surface area contributed by atoms with Gasteiger partial charge >= 0.3 is 0 Å². The molecular weight excluding hydrogens is 228 g/mol. The number of hydrogen-bond acceptors (Lipinski definition) is 3. The van der Waals surface area contributed by atoms with E-state index in [1.165, 1.54) is 0 Å². The van der Waals surface area contributed by atoms with Gasteiger partial charge in [-0.3, -0.25) is 9.89 Å². The average molecular weight is 250 g/mol. The van der Waals surface area contributed by atoms with Crippen molar-refractivity contribution >= 4 is 11.6 Å². The van der Waals surface area contributed by atoms with Gasteiger partial charge in [-0.15, -0.1) is 0 Å². The Kier molecular flexibility index (Phi) is 3.59. The van der Waals surface area contributed by atoms with Crippen LogP contribution in [0.4, 0.5) is 5.69 Å². The van der Waals surface area contributed by atoms with Crippen molar-refractivity contribution in [3.63, 3.8) is 0 Å². The van der Waals surface area contributed by atoms with Gasteiger partial charge in [-0.25, -0.2) is 0 Å². The van der Waals surface area contributed by atoms with E-state index in [1.54, 1.807) is 0 Å². The summed E-state index contributed by atoms with van der Waals surface area (Å²) in [6.45, 7) is 6.78. The monoisotopic (exact) mass is 250 g/mol. The molecule has 0 radical (unpaired) electrons. The van der Waals surface area contributed by atoms with Crippen LogP contribution in [0.25, 0.3) is 0 Å². The molecule has 0 spiro atoms. The van der Waals surface area contributed by atoms with E-state index in [-0.39, 0.29) is 11.9 Å². The highest BCUT2D eigenvalue weighted by Gasteiger charge is 2.31. The maximum atomic E-state index is 12.4. The highest BCUT2D eigenvalue weighted by atomic mass is 16.2. The third kappa shape index (κ3) is 2.21. The quantitative estimate of drug-likeness (QED) is 0.840. The summed E-state index contributed by atoms with van der Waals surface area (Å²) in [6.07, 6.45) is 3.21. The molecule has 1 aliphatic rings. The van der Waals surface area contributed by atoms with E-state index < -0.39 is 0 Å². The first-order chi connectivity index (χ1) is 8.60. The standard InChI is InChI=1S/C13H22N4O/c1-4-8(3)17(5-2)13(18)12-10(14)11(15-16-12)9-6-7-9/h8-9H,4-7,14H2,1-3H3,(H,15,16). The fourth-order valence-corrected chi connectivity index (χ4v) is 2.22. The molecule has 3 N–H and O–H groups in total. The molecule has 0 saturated heterocycles. The lowest BCUT2D eigenvalue weighted by Crippen LogP contribution is -2.38. The summed E-state index contributed by atoms with van der Waals surface area (Å²) in [5, 5.41) is 7.05. The minimum Gasteiger partial charge on any atom is -0.395 e. The molecule has 100 valence electrons. The molecule has 2 rings (SSSR count). The van der Waals surface area contributed by atoms with E-state index in [0.29, 0.717) is 23.8 Å². The minimum atomic E-state index is -0.0625. The van der Waals surface area contributed by atoms with Gasteiger partial charge in [0.25, 0.3) is 5.91 Å². The Balaban J connectivity index is 2.21. The Morgan fingerprint density at radius 2 is 2.22 bits per heavy atom. The smallest absolute Gasteiger partial charge is 0.276 e. The number of nitrogens with zero attached hydrogens (tertiary/aromatic N) is 2. The van der Waals surface area contributed by atoms with Crippen molar-refractivity contribution in [3.8, 4) is 0 Å². The van der Waals surface area contributed by atoms with Crippen LogP contribution in [0.5, 0.6) is 0 Å². The van der Waals surface area contributed by atoms with Crippen LogP contribution in [0.15, 0.2) is 0 Å². The predicted molar refractivity (Wildman–Crippen MR) is 71.4 cm³/mol. The molecule has 1 aromatic rings. The summed E-state index contributed by atoms with van der Waals surface area (Å²) in [7, 11) is 0. The van der Waals surface area contributed by atoms with E-state index in [9.17, 15) is 4.79 Å². The van der Waals surface area contributed by atoms with Crippen molar-refractivity contribution in [3.05, 3.63) is 11.4 Å². The van der Waals surface area contributed by atoms with E-state index >= 15 is 0 Å². The van der Waals surface area contributed by atoms with Gasteiger partial charge in [0.05, 0.1) is 11.4 Å².